The van der Waals surface area contributed by atoms with E-state index in [9.17, 15) is 4.79 Å². The third-order valence-corrected chi connectivity index (χ3v) is 2.97. The maximum absolute atomic E-state index is 11.7. The molecule has 0 bridgehead atoms. The molecule has 1 amide bonds. The zero-order valence-corrected chi connectivity index (χ0v) is 9.27. The molecule has 4 nitrogen and oxygen atoms in total. The highest BCUT2D eigenvalue weighted by atomic mass is 35.5. The molecule has 2 aliphatic rings. The lowest BCUT2D eigenvalue weighted by atomic mass is 9.94. The van der Waals surface area contributed by atoms with Crippen LogP contribution >= 0.6 is 11.6 Å². The summed E-state index contributed by atoms with van der Waals surface area (Å²) in [5, 5.41) is 6.22. The van der Waals surface area contributed by atoms with E-state index in [4.69, 9.17) is 11.6 Å². The summed E-state index contributed by atoms with van der Waals surface area (Å²) in [6.45, 7) is 0. The van der Waals surface area contributed by atoms with Crippen molar-refractivity contribution in [2.75, 3.05) is 7.05 Å². The molecule has 16 heavy (non-hydrogen) atoms. The van der Waals surface area contributed by atoms with Crippen LogP contribution in [0.5, 0.6) is 0 Å². The number of amides is 1. The number of carbonyl (C=O) groups is 1. The summed E-state index contributed by atoms with van der Waals surface area (Å²) in [5.74, 6) is -0.377. The molecule has 0 spiro atoms. The number of fused-ring (bicyclic) bond motifs is 3. The monoisotopic (exact) mass is 233 g/mol. The van der Waals surface area contributed by atoms with Crippen LogP contribution in [0.25, 0.3) is 0 Å². The Morgan fingerprint density at radius 2 is 2.25 bits per heavy atom. The van der Waals surface area contributed by atoms with E-state index >= 15 is 0 Å². The van der Waals surface area contributed by atoms with Crippen LogP contribution < -0.4 is 0 Å². The van der Waals surface area contributed by atoms with Crippen molar-refractivity contribution < 1.29 is 4.79 Å². The summed E-state index contributed by atoms with van der Waals surface area (Å²) in [4.78, 5) is 16.0. The maximum Gasteiger partial charge on any atom is 0.257 e. The highest BCUT2D eigenvalue weighted by Gasteiger charge is 2.36. The molecule has 0 radical (unpaired) electrons. The molecule has 1 atom stereocenters. The van der Waals surface area contributed by atoms with Gasteiger partial charge in [0.15, 0.2) is 0 Å². The molecule has 3 rings (SSSR count). The predicted molar refractivity (Wildman–Crippen MR) is 62.4 cm³/mol. The van der Waals surface area contributed by atoms with Crippen molar-refractivity contribution in [2.45, 2.75) is 0 Å². The van der Waals surface area contributed by atoms with Crippen LogP contribution in [-0.2, 0) is 4.79 Å². The van der Waals surface area contributed by atoms with E-state index in [1.807, 2.05) is 6.07 Å². The molecule has 0 aromatic heterocycles. The van der Waals surface area contributed by atoms with Crippen molar-refractivity contribution in [2.24, 2.45) is 16.0 Å². The van der Waals surface area contributed by atoms with Crippen LogP contribution in [0.1, 0.15) is 5.56 Å². The van der Waals surface area contributed by atoms with Crippen LogP contribution in [-0.4, -0.2) is 29.9 Å². The zero-order valence-electron chi connectivity index (χ0n) is 8.51. The summed E-state index contributed by atoms with van der Waals surface area (Å²) in [7, 11) is 1.65. The van der Waals surface area contributed by atoms with Gasteiger partial charge in [-0.25, -0.2) is 5.01 Å². The number of hydrogen-bond acceptors (Lipinski definition) is 3. The van der Waals surface area contributed by atoms with Crippen LogP contribution in [0.2, 0.25) is 5.02 Å². The van der Waals surface area contributed by atoms with Crippen molar-refractivity contribution in [3.8, 4) is 0 Å². The van der Waals surface area contributed by atoms with Gasteiger partial charge in [0.1, 0.15) is 5.92 Å². The molecule has 0 saturated heterocycles. The third-order valence-electron chi connectivity index (χ3n) is 2.74. The fourth-order valence-electron chi connectivity index (χ4n) is 1.93. The van der Waals surface area contributed by atoms with E-state index in [0.717, 1.165) is 17.0 Å². The molecule has 80 valence electrons. The molecule has 1 aromatic rings. The lowest BCUT2D eigenvalue weighted by molar-refractivity contribution is -0.128. The Morgan fingerprint density at radius 3 is 3.06 bits per heavy atom. The number of carbonyl (C=O) groups excluding carboxylic acids is 1. The Bertz CT molecular complexity index is 550. The Labute approximate surface area is 97.2 Å². The van der Waals surface area contributed by atoms with E-state index in [1.165, 1.54) is 5.01 Å². The van der Waals surface area contributed by atoms with Crippen molar-refractivity contribution in [1.82, 2.24) is 5.01 Å². The van der Waals surface area contributed by atoms with Crippen molar-refractivity contribution in [3.63, 3.8) is 0 Å². The summed E-state index contributed by atoms with van der Waals surface area (Å²) >= 11 is 5.89. The quantitative estimate of drug-likeness (QED) is 0.675. The van der Waals surface area contributed by atoms with E-state index in [2.05, 4.69) is 10.1 Å². The van der Waals surface area contributed by atoms with Crippen LogP contribution in [0, 0.1) is 5.92 Å². The maximum atomic E-state index is 11.7. The average Bonchev–Trinajstić information content (AvgIpc) is 2.55. The van der Waals surface area contributed by atoms with Crippen molar-refractivity contribution in [1.29, 1.82) is 0 Å². The molecule has 0 aliphatic carbocycles. The molecule has 0 saturated carbocycles. The van der Waals surface area contributed by atoms with Gasteiger partial charge in [-0.15, -0.1) is 0 Å². The Hall–Kier alpha value is -1.68. The second kappa shape index (κ2) is 3.15. The molecule has 0 N–H and O–H groups in total. The first-order valence-electron chi connectivity index (χ1n) is 4.87. The third kappa shape index (κ3) is 1.20. The second-order valence-corrected chi connectivity index (χ2v) is 4.20. The average molecular weight is 234 g/mol. The highest BCUT2D eigenvalue weighted by Crippen LogP contribution is 2.32. The predicted octanol–water partition coefficient (Wildman–Crippen LogP) is 1.85. The molecule has 0 fully saturated rings. The molecule has 2 aliphatic heterocycles. The Kier molecular flexibility index (Phi) is 1.88. The molecular formula is C11H8ClN3O. The summed E-state index contributed by atoms with van der Waals surface area (Å²) in [6.07, 6.45) is 1.63. The van der Waals surface area contributed by atoms with E-state index in [-0.39, 0.29) is 11.8 Å². The van der Waals surface area contributed by atoms with Gasteiger partial charge in [-0.3, -0.25) is 9.79 Å². The number of aliphatic imine (C=N–C) groups is 1. The zero-order chi connectivity index (χ0) is 11.3. The van der Waals surface area contributed by atoms with Gasteiger partial charge < -0.3 is 0 Å². The Balaban J connectivity index is 2.19. The number of hydrogen-bond donors (Lipinski definition) is 0. The first-order chi connectivity index (χ1) is 7.66. The van der Waals surface area contributed by atoms with Gasteiger partial charge >= 0.3 is 0 Å². The fourth-order valence-corrected chi connectivity index (χ4v) is 2.10. The minimum atomic E-state index is -0.335. The number of halogens is 1. The summed E-state index contributed by atoms with van der Waals surface area (Å²) < 4.78 is 0. The van der Waals surface area contributed by atoms with Gasteiger partial charge in [-0.05, 0) is 18.2 Å². The highest BCUT2D eigenvalue weighted by molar-refractivity contribution is 6.32. The van der Waals surface area contributed by atoms with Gasteiger partial charge in [0, 0.05) is 23.8 Å². The van der Waals surface area contributed by atoms with Crippen LogP contribution in [0.4, 0.5) is 5.69 Å². The molecule has 1 aromatic carbocycles. The SMILES string of the molecule is CN1N=C2c3ccc(Cl)cc3N=CC2C1=O. The first-order valence-corrected chi connectivity index (χ1v) is 5.25. The topological polar surface area (TPSA) is 45.0 Å². The number of hydrazone groups is 1. The van der Waals surface area contributed by atoms with E-state index < -0.39 is 0 Å². The normalized spacial score (nSPS) is 21.9. The van der Waals surface area contributed by atoms with E-state index in [0.29, 0.717) is 5.02 Å². The van der Waals surface area contributed by atoms with Gasteiger partial charge in [-0.1, -0.05) is 11.6 Å². The fraction of sp³-hybridized carbons (Fsp3) is 0.182. The smallest absolute Gasteiger partial charge is 0.257 e. The van der Waals surface area contributed by atoms with E-state index in [1.54, 1.807) is 25.4 Å². The molecule has 1 unspecified atom stereocenters. The largest absolute Gasteiger partial charge is 0.272 e. The number of rotatable bonds is 0. The van der Waals surface area contributed by atoms with Crippen LogP contribution in [0.15, 0.2) is 28.3 Å². The standard InChI is InChI=1S/C11H8ClN3O/c1-15-11(16)8-5-13-9-4-6(12)2-3-7(9)10(8)14-15/h2-5,8H,1H3. The van der Waals surface area contributed by atoms with Crippen molar-refractivity contribution >= 4 is 35.1 Å². The molecular weight excluding hydrogens is 226 g/mol. The minimum absolute atomic E-state index is 0.0423. The molecule has 5 heteroatoms. The Morgan fingerprint density at radius 1 is 1.44 bits per heavy atom. The summed E-state index contributed by atoms with van der Waals surface area (Å²) in [6, 6.07) is 5.41. The van der Waals surface area contributed by atoms with Gasteiger partial charge in [0.2, 0.25) is 0 Å². The van der Waals surface area contributed by atoms with Crippen molar-refractivity contribution in [3.05, 3.63) is 28.8 Å². The summed E-state index contributed by atoms with van der Waals surface area (Å²) in [5.41, 5.74) is 2.41. The van der Waals surface area contributed by atoms with Gasteiger partial charge in [0.25, 0.3) is 5.91 Å². The van der Waals surface area contributed by atoms with Gasteiger partial charge in [0.05, 0.1) is 11.4 Å². The van der Waals surface area contributed by atoms with Crippen LogP contribution in [0.3, 0.4) is 0 Å². The second-order valence-electron chi connectivity index (χ2n) is 3.76. The molecule has 2 heterocycles. The lowest BCUT2D eigenvalue weighted by Gasteiger charge is -2.13. The van der Waals surface area contributed by atoms with Gasteiger partial charge in [-0.2, -0.15) is 5.10 Å². The number of nitrogens with zero attached hydrogens (tertiary/aromatic N) is 3. The minimum Gasteiger partial charge on any atom is -0.272 e. The lowest BCUT2D eigenvalue weighted by Crippen LogP contribution is -2.27. The first kappa shape index (κ1) is 9.54. The number of benzene rings is 1.